The first-order chi connectivity index (χ1) is 24.7. The van der Waals surface area contributed by atoms with Gasteiger partial charge in [0, 0.05) is 24.5 Å². The summed E-state index contributed by atoms with van der Waals surface area (Å²) in [6, 6.07) is 22.2. The number of piperidine rings is 3. The van der Waals surface area contributed by atoms with Crippen LogP contribution in [0.4, 0.5) is 4.79 Å². The Morgan fingerprint density at radius 1 is 0.941 bits per heavy atom. The summed E-state index contributed by atoms with van der Waals surface area (Å²) in [5, 5.41) is 37.6. The first-order valence-electron chi connectivity index (χ1n) is 17.7. The van der Waals surface area contributed by atoms with Gasteiger partial charge in [-0.1, -0.05) is 55.0 Å². The van der Waals surface area contributed by atoms with Crippen molar-refractivity contribution in [3.05, 3.63) is 106 Å². The summed E-state index contributed by atoms with van der Waals surface area (Å²) in [7, 11) is 0. The van der Waals surface area contributed by atoms with E-state index in [4.69, 9.17) is 9.47 Å². The monoisotopic (exact) mass is 698 g/mol. The van der Waals surface area contributed by atoms with Gasteiger partial charge in [-0.2, -0.15) is 0 Å². The van der Waals surface area contributed by atoms with Crippen molar-refractivity contribution in [2.45, 2.75) is 62.9 Å². The van der Waals surface area contributed by atoms with Gasteiger partial charge in [-0.05, 0) is 98.6 Å². The van der Waals surface area contributed by atoms with Gasteiger partial charge in [-0.25, -0.2) is 9.59 Å². The lowest BCUT2D eigenvalue weighted by atomic mass is 9.86. The smallest absolute Gasteiger partial charge is 0.408 e. The summed E-state index contributed by atoms with van der Waals surface area (Å²) >= 11 is 0. The summed E-state index contributed by atoms with van der Waals surface area (Å²) in [6.07, 6.45) is 2.02. The van der Waals surface area contributed by atoms with Crippen molar-refractivity contribution in [2.75, 3.05) is 32.7 Å². The molecule has 51 heavy (non-hydrogen) atoms. The number of fused-ring (bicyclic) bond motifs is 4. The van der Waals surface area contributed by atoms with Gasteiger partial charge < -0.3 is 40.4 Å². The Kier molecular flexibility index (Phi) is 11.9. The molecule has 0 aliphatic carbocycles. The van der Waals surface area contributed by atoms with Crippen LogP contribution in [0.1, 0.15) is 67.4 Å². The number of unbranched alkanes of at least 4 members (excludes halogenated alkanes) is 2. The Labute approximate surface area is 296 Å². The lowest BCUT2D eigenvalue weighted by Crippen LogP contribution is -2.52. The second-order valence-corrected chi connectivity index (χ2v) is 13.4. The number of carboxylic acids is 1. The van der Waals surface area contributed by atoms with E-state index in [-0.39, 0.29) is 29.5 Å². The zero-order valence-electron chi connectivity index (χ0n) is 28.5. The number of carboxylic acid groups (broad SMARTS) is 1. The molecule has 3 saturated heterocycles. The number of hydrogen-bond acceptors (Lipinski definition) is 9. The molecule has 3 aliphatic heterocycles. The van der Waals surface area contributed by atoms with Crippen LogP contribution in [0.3, 0.4) is 0 Å². The number of aromatic hydroxyl groups is 1. The molecule has 12 nitrogen and oxygen atoms in total. The van der Waals surface area contributed by atoms with Crippen LogP contribution in [0.15, 0.2) is 83.7 Å². The van der Waals surface area contributed by atoms with Crippen molar-refractivity contribution < 1.29 is 34.4 Å². The van der Waals surface area contributed by atoms with Crippen molar-refractivity contribution in [3.63, 3.8) is 0 Å². The molecule has 7 rings (SSSR count). The fourth-order valence-corrected chi connectivity index (χ4v) is 7.16. The SMILES string of the molecule is O=C(NC(c1ccccc1)c1cccc(OC(CCCCCNCC(O)c2ccc(O)c3[nH]c(=O)ccc23)C(=O)O)c1)OC1CN2CCC1CC2. The molecule has 12 heteroatoms. The van der Waals surface area contributed by atoms with E-state index in [9.17, 15) is 29.7 Å². The molecule has 4 atom stereocenters. The molecule has 1 aromatic heterocycles. The van der Waals surface area contributed by atoms with Gasteiger partial charge in [0.05, 0.1) is 17.7 Å². The predicted octanol–water partition coefficient (Wildman–Crippen LogP) is 4.86. The minimum Gasteiger partial charge on any atom is -0.506 e. The molecule has 0 spiro atoms. The lowest BCUT2D eigenvalue weighted by molar-refractivity contribution is -0.145. The van der Waals surface area contributed by atoms with Gasteiger partial charge in [0.2, 0.25) is 5.56 Å². The molecule has 1 amide bonds. The summed E-state index contributed by atoms with van der Waals surface area (Å²) in [4.78, 5) is 42.0. The van der Waals surface area contributed by atoms with E-state index in [1.807, 2.05) is 36.4 Å². The summed E-state index contributed by atoms with van der Waals surface area (Å²) in [5.74, 6) is -0.330. The molecule has 4 aromatic rings. The largest absolute Gasteiger partial charge is 0.506 e. The van der Waals surface area contributed by atoms with Crippen LogP contribution < -0.4 is 20.9 Å². The van der Waals surface area contributed by atoms with E-state index < -0.39 is 30.3 Å². The Balaban J connectivity index is 0.991. The minimum absolute atomic E-state index is 0.0620. The fraction of sp³-hybridized carbons (Fsp3) is 0.410. The highest BCUT2D eigenvalue weighted by Crippen LogP contribution is 2.31. The van der Waals surface area contributed by atoms with Crippen LogP contribution in [0.5, 0.6) is 11.5 Å². The number of alkyl carbamates (subject to hydrolysis) is 1. The normalized spacial score (nSPS) is 20.0. The first kappa shape index (κ1) is 35.9. The number of aliphatic carboxylic acids is 1. The summed E-state index contributed by atoms with van der Waals surface area (Å²) < 4.78 is 11.9. The molecule has 4 heterocycles. The zero-order valence-corrected chi connectivity index (χ0v) is 28.5. The van der Waals surface area contributed by atoms with Crippen LogP contribution in [-0.4, -0.2) is 82.2 Å². The molecular formula is C39H46N4O8. The number of phenols is 1. The van der Waals surface area contributed by atoms with E-state index in [0.717, 1.165) is 56.4 Å². The van der Waals surface area contributed by atoms with Crippen molar-refractivity contribution in [1.29, 1.82) is 0 Å². The fourth-order valence-electron chi connectivity index (χ4n) is 7.16. The molecule has 3 aromatic carbocycles. The third-order valence-electron chi connectivity index (χ3n) is 9.92. The molecule has 6 N–H and O–H groups in total. The van der Waals surface area contributed by atoms with Crippen LogP contribution in [0.2, 0.25) is 0 Å². The van der Waals surface area contributed by atoms with Crippen molar-refractivity contribution in [2.24, 2.45) is 5.92 Å². The molecule has 2 bridgehead atoms. The summed E-state index contributed by atoms with van der Waals surface area (Å²) in [5.41, 5.74) is 2.15. The number of hydrogen-bond donors (Lipinski definition) is 6. The highest BCUT2D eigenvalue weighted by Gasteiger charge is 2.37. The Morgan fingerprint density at radius 3 is 2.47 bits per heavy atom. The van der Waals surface area contributed by atoms with Gasteiger partial charge in [-0.3, -0.25) is 9.69 Å². The van der Waals surface area contributed by atoms with Crippen molar-refractivity contribution in [1.82, 2.24) is 20.5 Å². The van der Waals surface area contributed by atoms with E-state index >= 15 is 0 Å². The number of nitrogens with zero attached hydrogens (tertiary/aromatic N) is 1. The molecule has 0 radical (unpaired) electrons. The first-order valence-corrected chi connectivity index (χ1v) is 17.7. The number of aliphatic hydroxyl groups is 1. The molecular weight excluding hydrogens is 652 g/mol. The number of H-pyrrole nitrogens is 1. The number of nitrogens with one attached hydrogen (secondary N) is 3. The number of aliphatic hydroxyl groups excluding tert-OH is 1. The standard InChI is InChI=1S/C39H46N4O8/c44-31-15-13-29(30-14-16-35(46)41-37(30)31)32(45)23-40-19-6-2-5-12-33(38(47)48)50-28-11-7-10-27(22-28)36(26-8-3-1-4-9-26)42-39(49)51-34-24-43-20-17-25(34)18-21-43/h1,3-4,7-11,13-16,22,25,32-34,36,40,44-45H,2,5-6,12,17-21,23-24H2,(H,41,46)(H,42,49)(H,47,48). The number of carbonyl (C=O) groups is 2. The van der Waals surface area contributed by atoms with Crippen molar-refractivity contribution >= 4 is 23.0 Å². The number of aromatic amines is 1. The van der Waals surface area contributed by atoms with Crippen LogP contribution in [-0.2, 0) is 9.53 Å². The Hall–Kier alpha value is -4.91. The second kappa shape index (κ2) is 16.9. The van der Waals surface area contributed by atoms with Gasteiger partial charge in [0.15, 0.2) is 6.10 Å². The number of carbonyl (C=O) groups excluding carboxylic acids is 1. The van der Waals surface area contributed by atoms with Gasteiger partial charge in [-0.15, -0.1) is 0 Å². The van der Waals surface area contributed by atoms with E-state index in [2.05, 4.69) is 20.5 Å². The number of ether oxygens (including phenoxy) is 2. The minimum atomic E-state index is -1.05. The average Bonchev–Trinajstić information content (AvgIpc) is 3.14. The topological polar surface area (TPSA) is 173 Å². The number of amides is 1. The van der Waals surface area contributed by atoms with Crippen molar-refractivity contribution in [3.8, 4) is 11.5 Å². The number of rotatable bonds is 16. The maximum Gasteiger partial charge on any atom is 0.408 e. The van der Waals surface area contributed by atoms with Gasteiger partial charge in [0.25, 0.3) is 0 Å². The Morgan fingerprint density at radius 2 is 1.73 bits per heavy atom. The average molecular weight is 699 g/mol. The lowest BCUT2D eigenvalue weighted by Gasteiger charge is -2.43. The van der Waals surface area contributed by atoms with Crippen LogP contribution >= 0.6 is 0 Å². The number of phenolic OH excluding ortho intramolecular Hbond substituents is 1. The highest BCUT2D eigenvalue weighted by atomic mass is 16.6. The van der Waals surface area contributed by atoms with E-state index in [0.29, 0.717) is 42.0 Å². The summed E-state index contributed by atoms with van der Waals surface area (Å²) in [6.45, 7) is 3.75. The number of pyridine rings is 1. The van der Waals surface area contributed by atoms with E-state index in [1.54, 1.807) is 30.3 Å². The van der Waals surface area contributed by atoms with Gasteiger partial charge in [0.1, 0.15) is 17.6 Å². The molecule has 0 saturated carbocycles. The van der Waals surface area contributed by atoms with E-state index in [1.165, 1.54) is 12.1 Å². The third-order valence-corrected chi connectivity index (χ3v) is 9.92. The van der Waals surface area contributed by atoms with Gasteiger partial charge >= 0.3 is 12.1 Å². The third kappa shape index (κ3) is 9.26. The molecule has 4 unspecified atom stereocenters. The highest BCUT2D eigenvalue weighted by molar-refractivity contribution is 5.87. The second-order valence-electron chi connectivity index (χ2n) is 13.4. The zero-order chi connectivity index (χ0) is 35.7. The van der Waals surface area contributed by atoms with Crippen LogP contribution in [0, 0.1) is 5.92 Å². The predicted molar refractivity (Wildman–Crippen MR) is 192 cm³/mol. The number of aromatic nitrogens is 1. The maximum absolute atomic E-state index is 13.2. The molecule has 3 fully saturated rings. The molecule has 3 aliphatic rings. The Bertz CT molecular complexity index is 1840. The van der Waals surface area contributed by atoms with Crippen LogP contribution in [0.25, 0.3) is 10.9 Å². The number of benzene rings is 3. The molecule has 270 valence electrons. The quantitative estimate of drug-likeness (QED) is 0.0888. The maximum atomic E-state index is 13.2.